The molecule has 106 valence electrons. The minimum absolute atomic E-state index is 0.317. The summed E-state index contributed by atoms with van der Waals surface area (Å²) in [5.41, 5.74) is 7.26. The highest BCUT2D eigenvalue weighted by molar-refractivity contribution is 6.33. The maximum atomic E-state index is 6.24. The van der Waals surface area contributed by atoms with Crippen LogP contribution < -0.4 is 10.6 Å². The van der Waals surface area contributed by atoms with Gasteiger partial charge in [-0.1, -0.05) is 37.1 Å². The predicted molar refractivity (Wildman–Crippen MR) is 83.0 cm³/mol. The van der Waals surface area contributed by atoms with Gasteiger partial charge in [-0.25, -0.2) is 0 Å². The molecule has 4 heteroatoms. The first kappa shape index (κ1) is 14.6. The molecule has 0 aliphatic carbocycles. The molecule has 1 aliphatic heterocycles. The van der Waals surface area contributed by atoms with Crippen molar-refractivity contribution in [2.24, 2.45) is 5.73 Å². The fourth-order valence-corrected chi connectivity index (χ4v) is 2.93. The molecule has 1 aliphatic rings. The molecular formula is C15H24ClN3. The van der Waals surface area contributed by atoms with Crippen molar-refractivity contribution in [2.45, 2.75) is 25.8 Å². The van der Waals surface area contributed by atoms with Gasteiger partial charge in [0, 0.05) is 38.8 Å². The first-order chi connectivity index (χ1) is 9.20. The molecule has 0 amide bonds. The Balaban J connectivity index is 1.84. The molecule has 1 heterocycles. The maximum absolute atomic E-state index is 6.24. The summed E-state index contributed by atoms with van der Waals surface area (Å²) in [7, 11) is 0. The summed E-state index contributed by atoms with van der Waals surface area (Å²) >= 11 is 6.24. The van der Waals surface area contributed by atoms with E-state index in [-0.39, 0.29) is 0 Å². The zero-order valence-corrected chi connectivity index (χ0v) is 12.4. The van der Waals surface area contributed by atoms with Crippen LogP contribution in [-0.4, -0.2) is 43.7 Å². The third-order valence-corrected chi connectivity index (χ3v) is 4.04. The van der Waals surface area contributed by atoms with Crippen LogP contribution in [0, 0.1) is 0 Å². The van der Waals surface area contributed by atoms with Crippen molar-refractivity contribution >= 4 is 17.3 Å². The van der Waals surface area contributed by atoms with Gasteiger partial charge in [0.15, 0.2) is 0 Å². The maximum Gasteiger partial charge on any atom is 0.0639 e. The molecule has 0 radical (unpaired) electrons. The second-order valence-electron chi connectivity index (χ2n) is 5.29. The van der Waals surface area contributed by atoms with Gasteiger partial charge in [0.2, 0.25) is 0 Å². The summed E-state index contributed by atoms with van der Waals surface area (Å²) in [6, 6.07) is 8.40. The molecule has 1 unspecified atom stereocenters. The zero-order valence-electron chi connectivity index (χ0n) is 11.7. The van der Waals surface area contributed by atoms with Crippen molar-refractivity contribution in [2.75, 3.05) is 37.6 Å². The van der Waals surface area contributed by atoms with Crippen LogP contribution in [0.5, 0.6) is 0 Å². The lowest BCUT2D eigenvalue weighted by Crippen LogP contribution is -2.50. The smallest absolute Gasteiger partial charge is 0.0639 e. The van der Waals surface area contributed by atoms with Gasteiger partial charge in [0.05, 0.1) is 10.7 Å². The third kappa shape index (κ3) is 4.10. The van der Waals surface area contributed by atoms with Crippen molar-refractivity contribution in [3.8, 4) is 0 Å². The molecule has 0 saturated carbocycles. The van der Waals surface area contributed by atoms with Crippen molar-refractivity contribution in [1.29, 1.82) is 0 Å². The lowest BCUT2D eigenvalue weighted by molar-refractivity contribution is 0.238. The van der Waals surface area contributed by atoms with Gasteiger partial charge in [0.25, 0.3) is 0 Å². The highest BCUT2D eigenvalue weighted by atomic mass is 35.5. The third-order valence-electron chi connectivity index (χ3n) is 3.72. The van der Waals surface area contributed by atoms with Gasteiger partial charge in [0.1, 0.15) is 0 Å². The molecule has 3 nitrogen and oxygen atoms in total. The Kier molecular flexibility index (Phi) is 5.49. The van der Waals surface area contributed by atoms with Crippen LogP contribution in [0.1, 0.15) is 19.8 Å². The number of anilines is 1. The highest BCUT2D eigenvalue weighted by Gasteiger charge is 2.19. The number of hydrogen-bond acceptors (Lipinski definition) is 3. The molecule has 1 atom stereocenters. The molecule has 0 bridgehead atoms. The van der Waals surface area contributed by atoms with E-state index in [2.05, 4.69) is 22.8 Å². The SMILES string of the molecule is CCCC(N)CN1CCN(c2ccccc2Cl)CC1. The largest absolute Gasteiger partial charge is 0.368 e. The van der Waals surface area contributed by atoms with Crippen LogP contribution in [0.15, 0.2) is 24.3 Å². The monoisotopic (exact) mass is 281 g/mol. The van der Waals surface area contributed by atoms with Crippen molar-refractivity contribution < 1.29 is 0 Å². The Morgan fingerprint density at radius 1 is 1.21 bits per heavy atom. The van der Waals surface area contributed by atoms with Crippen LogP contribution in [0.3, 0.4) is 0 Å². The van der Waals surface area contributed by atoms with E-state index >= 15 is 0 Å². The van der Waals surface area contributed by atoms with E-state index in [1.807, 2.05) is 18.2 Å². The van der Waals surface area contributed by atoms with E-state index in [1.54, 1.807) is 0 Å². The van der Waals surface area contributed by atoms with Gasteiger partial charge >= 0.3 is 0 Å². The Morgan fingerprint density at radius 3 is 2.53 bits per heavy atom. The Labute approximate surface area is 121 Å². The zero-order chi connectivity index (χ0) is 13.7. The van der Waals surface area contributed by atoms with E-state index in [1.165, 1.54) is 6.42 Å². The minimum Gasteiger partial charge on any atom is -0.368 e. The molecule has 1 aromatic rings. The predicted octanol–water partition coefficient (Wildman–Crippen LogP) is 2.59. The quantitative estimate of drug-likeness (QED) is 0.900. The van der Waals surface area contributed by atoms with Crippen LogP contribution in [0.25, 0.3) is 0 Å². The Hall–Kier alpha value is -0.770. The summed E-state index contributed by atoms with van der Waals surface area (Å²) in [5.74, 6) is 0. The molecule has 19 heavy (non-hydrogen) atoms. The molecule has 0 spiro atoms. The fourth-order valence-electron chi connectivity index (χ4n) is 2.67. The standard InChI is InChI=1S/C15H24ClN3/c1-2-5-13(17)12-18-8-10-19(11-9-18)15-7-4-3-6-14(15)16/h3-4,6-7,13H,2,5,8-12,17H2,1H3. The van der Waals surface area contributed by atoms with Crippen LogP contribution in [0.2, 0.25) is 5.02 Å². The second-order valence-corrected chi connectivity index (χ2v) is 5.70. The fraction of sp³-hybridized carbons (Fsp3) is 0.600. The minimum atomic E-state index is 0.317. The topological polar surface area (TPSA) is 32.5 Å². The van der Waals surface area contributed by atoms with Crippen LogP contribution in [0.4, 0.5) is 5.69 Å². The number of piperazine rings is 1. The number of benzene rings is 1. The molecule has 1 saturated heterocycles. The summed E-state index contributed by atoms with van der Waals surface area (Å²) < 4.78 is 0. The Morgan fingerprint density at radius 2 is 1.89 bits per heavy atom. The first-order valence-corrected chi connectivity index (χ1v) is 7.56. The van der Waals surface area contributed by atoms with E-state index in [0.717, 1.165) is 49.9 Å². The summed E-state index contributed by atoms with van der Waals surface area (Å²) in [6.45, 7) is 7.41. The van der Waals surface area contributed by atoms with Crippen molar-refractivity contribution in [3.63, 3.8) is 0 Å². The van der Waals surface area contributed by atoms with Crippen LogP contribution in [-0.2, 0) is 0 Å². The van der Waals surface area contributed by atoms with E-state index in [4.69, 9.17) is 17.3 Å². The number of rotatable bonds is 5. The summed E-state index contributed by atoms with van der Waals surface area (Å²) in [6.07, 6.45) is 2.28. The van der Waals surface area contributed by atoms with Crippen molar-refractivity contribution in [3.05, 3.63) is 29.3 Å². The van der Waals surface area contributed by atoms with Gasteiger partial charge in [-0.3, -0.25) is 4.90 Å². The molecule has 1 aromatic carbocycles. The molecular weight excluding hydrogens is 258 g/mol. The number of hydrogen-bond donors (Lipinski definition) is 1. The molecule has 2 rings (SSSR count). The second kappa shape index (κ2) is 7.13. The van der Waals surface area contributed by atoms with Gasteiger partial charge < -0.3 is 10.6 Å². The lowest BCUT2D eigenvalue weighted by atomic mass is 10.1. The number of nitrogens with two attached hydrogens (primary N) is 1. The van der Waals surface area contributed by atoms with Gasteiger partial charge in [-0.15, -0.1) is 0 Å². The molecule has 1 fully saturated rings. The summed E-state index contributed by atoms with van der Waals surface area (Å²) in [4.78, 5) is 4.83. The highest BCUT2D eigenvalue weighted by Crippen LogP contribution is 2.25. The average molecular weight is 282 g/mol. The number of para-hydroxylation sites is 1. The van der Waals surface area contributed by atoms with Gasteiger partial charge in [-0.2, -0.15) is 0 Å². The number of halogens is 1. The Bertz CT molecular complexity index is 389. The van der Waals surface area contributed by atoms with E-state index in [9.17, 15) is 0 Å². The van der Waals surface area contributed by atoms with Crippen molar-refractivity contribution in [1.82, 2.24) is 4.90 Å². The van der Waals surface area contributed by atoms with Crippen LogP contribution >= 0.6 is 11.6 Å². The van der Waals surface area contributed by atoms with E-state index < -0.39 is 0 Å². The first-order valence-electron chi connectivity index (χ1n) is 7.18. The van der Waals surface area contributed by atoms with E-state index in [0.29, 0.717) is 6.04 Å². The molecule has 2 N–H and O–H groups in total. The normalized spacial score (nSPS) is 18.6. The average Bonchev–Trinajstić information content (AvgIpc) is 2.41. The lowest BCUT2D eigenvalue weighted by Gasteiger charge is -2.37. The molecule has 0 aromatic heterocycles. The number of nitrogens with zero attached hydrogens (tertiary/aromatic N) is 2. The van der Waals surface area contributed by atoms with Gasteiger partial charge in [-0.05, 0) is 18.6 Å². The summed E-state index contributed by atoms with van der Waals surface area (Å²) in [5, 5.41) is 0.846.